The summed E-state index contributed by atoms with van der Waals surface area (Å²) < 4.78 is 80.8. The maximum absolute atomic E-state index is 11.5. The quantitative estimate of drug-likeness (QED) is 0.0522. The average molecular weight is 761 g/mol. The highest BCUT2D eigenvalue weighted by molar-refractivity contribution is 5.87. The summed E-state index contributed by atoms with van der Waals surface area (Å²) in [4.78, 5) is 11.5. The zero-order valence-electron chi connectivity index (χ0n) is 31.8. The number of rotatable bonds is 45. The second kappa shape index (κ2) is 45.8. The van der Waals surface area contributed by atoms with Crippen LogP contribution in [-0.4, -0.2) is 209 Å². The zero-order chi connectivity index (χ0) is 37.7. The summed E-state index contributed by atoms with van der Waals surface area (Å²) in [5, 5.41) is 8.58. The fourth-order valence-corrected chi connectivity index (χ4v) is 3.45. The molecule has 0 aliphatic heterocycles. The molecule has 0 atom stereocenters. The number of esters is 1. The number of ether oxygens (including phenoxy) is 15. The van der Waals surface area contributed by atoms with Crippen molar-refractivity contribution in [3.8, 4) is 0 Å². The molecule has 310 valence electrons. The molecule has 0 rings (SSSR count). The summed E-state index contributed by atoms with van der Waals surface area (Å²) in [6.45, 7) is 17.0. The number of carbonyl (C=O) groups excluding carboxylic acids is 1. The summed E-state index contributed by atoms with van der Waals surface area (Å²) in [5.41, 5.74) is 0.580. The predicted molar refractivity (Wildman–Crippen MR) is 189 cm³/mol. The number of aliphatic hydroxyl groups is 1. The molecule has 0 unspecified atom stereocenters. The lowest BCUT2D eigenvalue weighted by molar-refractivity contribution is -0.140. The SMILES string of the molecule is CC=C(C)C(=O)OCCOCCOCCOCCOCCOCCOCCOCCOCCOCCOCCOCCOCCOCCOCCO. The summed E-state index contributed by atoms with van der Waals surface area (Å²) in [6, 6.07) is 0. The molecule has 0 spiro atoms. The molecule has 0 fully saturated rings. The van der Waals surface area contributed by atoms with Crippen molar-refractivity contribution in [3.63, 3.8) is 0 Å². The largest absolute Gasteiger partial charge is 0.460 e. The van der Waals surface area contributed by atoms with Gasteiger partial charge in [0, 0.05) is 5.57 Å². The first kappa shape index (κ1) is 50.6. The number of allylic oxidation sites excluding steroid dienone is 1. The second-order valence-electron chi connectivity index (χ2n) is 10.4. The molecule has 0 aliphatic rings. The highest BCUT2D eigenvalue weighted by atomic mass is 16.6. The van der Waals surface area contributed by atoms with Gasteiger partial charge in [0.25, 0.3) is 0 Å². The Hall–Kier alpha value is -1.39. The minimum absolute atomic E-state index is 0.0205. The molecule has 52 heavy (non-hydrogen) atoms. The number of carbonyl (C=O) groups is 1. The Morgan fingerprint density at radius 3 is 0.692 bits per heavy atom. The molecule has 0 bridgehead atoms. The minimum atomic E-state index is -0.326. The van der Waals surface area contributed by atoms with Crippen LogP contribution in [0.4, 0.5) is 0 Å². The van der Waals surface area contributed by atoms with E-state index in [-0.39, 0.29) is 19.2 Å². The van der Waals surface area contributed by atoms with Gasteiger partial charge in [-0.2, -0.15) is 0 Å². The Morgan fingerprint density at radius 1 is 0.346 bits per heavy atom. The Bertz CT molecular complexity index is 732. The van der Waals surface area contributed by atoms with E-state index >= 15 is 0 Å². The molecule has 0 saturated heterocycles. The summed E-state index contributed by atoms with van der Waals surface area (Å²) >= 11 is 0. The van der Waals surface area contributed by atoms with E-state index < -0.39 is 0 Å². The van der Waals surface area contributed by atoms with Gasteiger partial charge in [-0.3, -0.25) is 0 Å². The van der Waals surface area contributed by atoms with Gasteiger partial charge in [0.2, 0.25) is 0 Å². The maximum atomic E-state index is 11.5. The van der Waals surface area contributed by atoms with Crippen LogP contribution >= 0.6 is 0 Å². The first-order valence-corrected chi connectivity index (χ1v) is 18.2. The Kier molecular flexibility index (Phi) is 44.5. The summed E-state index contributed by atoms with van der Waals surface area (Å²) in [7, 11) is 0. The van der Waals surface area contributed by atoms with Crippen LogP contribution in [0.3, 0.4) is 0 Å². The van der Waals surface area contributed by atoms with Crippen LogP contribution in [0.25, 0.3) is 0 Å². The fraction of sp³-hybridized carbons (Fsp3) is 0.914. The molecule has 0 amide bonds. The Morgan fingerprint density at radius 2 is 0.519 bits per heavy atom. The molecule has 0 aliphatic carbocycles. The van der Waals surface area contributed by atoms with Crippen molar-refractivity contribution in [1.29, 1.82) is 0 Å². The molecule has 0 aromatic rings. The van der Waals surface area contributed by atoms with Crippen LogP contribution in [0.15, 0.2) is 11.6 Å². The maximum Gasteiger partial charge on any atom is 0.333 e. The van der Waals surface area contributed by atoms with Crippen LogP contribution < -0.4 is 0 Å². The van der Waals surface area contributed by atoms with Gasteiger partial charge in [-0.15, -0.1) is 0 Å². The predicted octanol–water partition coefficient (Wildman–Crippen LogP) is 0.721. The van der Waals surface area contributed by atoms with E-state index in [1.807, 2.05) is 0 Å². The topological polar surface area (TPSA) is 176 Å². The van der Waals surface area contributed by atoms with Crippen molar-refractivity contribution in [2.24, 2.45) is 0 Å². The lowest BCUT2D eigenvalue weighted by Crippen LogP contribution is -2.16. The van der Waals surface area contributed by atoms with E-state index in [2.05, 4.69) is 0 Å². The summed E-state index contributed by atoms with van der Waals surface area (Å²) in [5.74, 6) is -0.326. The van der Waals surface area contributed by atoms with Gasteiger partial charge in [0.15, 0.2) is 0 Å². The average Bonchev–Trinajstić information content (AvgIpc) is 3.16. The van der Waals surface area contributed by atoms with Crippen molar-refractivity contribution in [1.82, 2.24) is 0 Å². The van der Waals surface area contributed by atoms with Gasteiger partial charge in [-0.1, -0.05) is 6.08 Å². The molecule has 0 aromatic heterocycles. The van der Waals surface area contributed by atoms with Crippen molar-refractivity contribution in [2.75, 3.05) is 198 Å². The van der Waals surface area contributed by atoms with Gasteiger partial charge in [0.05, 0.1) is 192 Å². The summed E-state index contributed by atoms with van der Waals surface area (Å²) in [6.07, 6.45) is 1.71. The third-order valence-corrected chi connectivity index (χ3v) is 6.29. The van der Waals surface area contributed by atoms with Gasteiger partial charge in [0.1, 0.15) is 6.61 Å². The third-order valence-electron chi connectivity index (χ3n) is 6.29. The lowest BCUT2D eigenvalue weighted by atomic mass is 10.3. The second-order valence-corrected chi connectivity index (χ2v) is 10.4. The van der Waals surface area contributed by atoms with Gasteiger partial charge < -0.3 is 76.2 Å². The van der Waals surface area contributed by atoms with Crippen LogP contribution in [0.5, 0.6) is 0 Å². The highest BCUT2D eigenvalue weighted by Gasteiger charge is 2.03. The first-order valence-electron chi connectivity index (χ1n) is 18.2. The van der Waals surface area contributed by atoms with Crippen molar-refractivity contribution in [2.45, 2.75) is 13.8 Å². The molecular weight excluding hydrogens is 692 g/mol. The number of aliphatic hydroxyl groups excluding tert-OH is 1. The zero-order valence-corrected chi connectivity index (χ0v) is 31.8. The van der Waals surface area contributed by atoms with Gasteiger partial charge in [-0.25, -0.2) is 4.79 Å². The van der Waals surface area contributed by atoms with E-state index in [1.54, 1.807) is 19.9 Å². The monoisotopic (exact) mass is 760 g/mol. The minimum Gasteiger partial charge on any atom is -0.460 e. The van der Waals surface area contributed by atoms with Gasteiger partial charge in [-0.05, 0) is 13.8 Å². The molecular formula is C35H68O17. The molecule has 17 heteroatoms. The normalized spacial score (nSPS) is 11.9. The van der Waals surface area contributed by atoms with E-state index in [1.165, 1.54) is 0 Å². The number of hydrogen-bond acceptors (Lipinski definition) is 17. The number of hydrogen-bond donors (Lipinski definition) is 1. The molecule has 0 aromatic carbocycles. The van der Waals surface area contributed by atoms with E-state index in [0.29, 0.717) is 191 Å². The van der Waals surface area contributed by atoms with Crippen molar-refractivity contribution in [3.05, 3.63) is 11.6 Å². The Labute approximate surface area is 310 Å². The van der Waals surface area contributed by atoms with E-state index in [0.717, 1.165) is 0 Å². The smallest absolute Gasteiger partial charge is 0.333 e. The van der Waals surface area contributed by atoms with E-state index in [9.17, 15) is 4.79 Å². The van der Waals surface area contributed by atoms with Gasteiger partial charge >= 0.3 is 5.97 Å². The van der Waals surface area contributed by atoms with Crippen molar-refractivity contribution >= 4 is 5.97 Å². The van der Waals surface area contributed by atoms with Crippen LogP contribution in [-0.2, 0) is 75.8 Å². The Balaban J connectivity index is 3.08. The molecule has 0 saturated carbocycles. The fourth-order valence-electron chi connectivity index (χ4n) is 3.45. The van der Waals surface area contributed by atoms with Crippen molar-refractivity contribution < 1.29 is 81.0 Å². The third kappa shape index (κ3) is 43.0. The van der Waals surface area contributed by atoms with Crippen LogP contribution in [0, 0.1) is 0 Å². The highest BCUT2D eigenvalue weighted by Crippen LogP contribution is 1.95. The van der Waals surface area contributed by atoms with E-state index in [4.69, 9.17) is 76.2 Å². The standard InChI is InChI=1S/C35H68O17/c1-3-34(2)35(37)52-33-32-51-31-30-50-29-28-49-27-26-48-25-24-47-23-22-46-21-20-45-19-18-44-17-16-43-15-14-42-13-12-41-11-10-40-9-8-39-7-6-38-5-4-36/h3,36H,4-33H2,1-2H3. The van der Waals surface area contributed by atoms with Crippen LogP contribution in [0.2, 0.25) is 0 Å². The lowest BCUT2D eigenvalue weighted by Gasteiger charge is -2.09. The molecule has 0 radical (unpaired) electrons. The van der Waals surface area contributed by atoms with Crippen LogP contribution in [0.1, 0.15) is 13.8 Å². The molecule has 0 heterocycles. The first-order chi connectivity index (χ1) is 25.7. The molecule has 17 nitrogen and oxygen atoms in total. The molecule has 1 N–H and O–H groups in total.